The van der Waals surface area contributed by atoms with Crippen molar-refractivity contribution in [3.8, 4) is 5.75 Å². The summed E-state index contributed by atoms with van der Waals surface area (Å²) in [7, 11) is 1.55. The van der Waals surface area contributed by atoms with Crippen molar-refractivity contribution in [2.24, 2.45) is 0 Å². The minimum atomic E-state index is -0.177. The van der Waals surface area contributed by atoms with E-state index in [9.17, 15) is 4.79 Å². The lowest BCUT2D eigenvalue weighted by Crippen LogP contribution is -2.15. The molecule has 0 fully saturated rings. The quantitative estimate of drug-likeness (QED) is 0.629. The molecule has 4 rings (SSSR count). The summed E-state index contributed by atoms with van der Waals surface area (Å²) in [6.07, 6.45) is 3.42. The molecule has 24 heavy (non-hydrogen) atoms. The predicted octanol–water partition coefficient (Wildman–Crippen LogP) is 2.99. The Labute approximate surface area is 137 Å². The molecule has 0 saturated carbocycles. The third-order valence-electron chi connectivity index (χ3n) is 3.75. The number of methoxy groups -OCH3 is 1. The van der Waals surface area contributed by atoms with E-state index in [1.807, 2.05) is 30.3 Å². The van der Waals surface area contributed by atoms with Gasteiger partial charge in [-0.3, -0.25) is 14.2 Å². The van der Waals surface area contributed by atoms with Gasteiger partial charge in [-0.1, -0.05) is 6.07 Å². The van der Waals surface area contributed by atoms with E-state index in [4.69, 9.17) is 4.74 Å². The van der Waals surface area contributed by atoms with Crippen LogP contribution in [0.15, 0.2) is 65.7 Å². The highest BCUT2D eigenvalue weighted by molar-refractivity contribution is 5.83. The number of pyridine rings is 2. The highest BCUT2D eigenvalue weighted by Gasteiger charge is 2.07. The van der Waals surface area contributed by atoms with E-state index in [2.05, 4.69) is 15.3 Å². The fraction of sp³-hybridized carbons (Fsp3) is 0.0556. The minimum absolute atomic E-state index is 0.177. The fourth-order valence-electron chi connectivity index (χ4n) is 2.62. The number of benzene rings is 1. The van der Waals surface area contributed by atoms with Crippen LogP contribution in [0.1, 0.15) is 0 Å². The minimum Gasteiger partial charge on any atom is -0.493 e. The molecular formula is C18H14N4O2. The summed E-state index contributed by atoms with van der Waals surface area (Å²) in [5.74, 6) is 1.01. The Bertz CT molecular complexity index is 1100. The van der Waals surface area contributed by atoms with Crippen LogP contribution in [0.3, 0.4) is 0 Å². The Hall–Kier alpha value is -3.41. The number of anilines is 2. The molecule has 6 heteroatoms. The molecule has 6 nitrogen and oxygen atoms in total. The molecule has 0 aliphatic carbocycles. The van der Waals surface area contributed by atoms with Gasteiger partial charge >= 0.3 is 0 Å². The number of fused-ring (bicyclic) bond motifs is 2. The molecule has 3 heterocycles. The van der Waals surface area contributed by atoms with Crippen LogP contribution in [0.4, 0.5) is 11.5 Å². The summed E-state index contributed by atoms with van der Waals surface area (Å²) in [4.78, 5) is 21.1. The van der Waals surface area contributed by atoms with Crippen molar-refractivity contribution in [1.82, 2.24) is 14.4 Å². The smallest absolute Gasteiger partial charge is 0.260 e. The summed E-state index contributed by atoms with van der Waals surface area (Å²) >= 11 is 0. The Morgan fingerprint density at radius 1 is 1.12 bits per heavy atom. The third-order valence-corrected chi connectivity index (χ3v) is 3.75. The fourth-order valence-corrected chi connectivity index (χ4v) is 2.62. The second kappa shape index (κ2) is 5.66. The number of ether oxygens (including phenoxy) is 1. The molecule has 0 atom stereocenters. The molecule has 0 saturated heterocycles. The number of hydrogen-bond acceptors (Lipinski definition) is 5. The van der Waals surface area contributed by atoms with Crippen molar-refractivity contribution in [2.75, 3.05) is 12.4 Å². The maximum absolute atomic E-state index is 12.3. The van der Waals surface area contributed by atoms with Crippen LogP contribution in [0, 0.1) is 0 Å². The molecular weight excluding hydrogens is 304 g/mol. The van der Waals surface area contributed by atoms with Crippen LogP contribution in [-0.2, 0) is 0 Å². The lowest BCUT2D eigenvalue weighted by molar-refractivity contribution is 0.416. The summed E-state index contributed by atoms with van der Waals surface area (Å²) < 4.78 is 6.74. The lowest BCUT2D eigenvalue weighted by Gasteiger charge is -2.10. The van der Waals surface area contributed by atoms with Gasteiger partial charge in [-0.25, -0.2) is 4.98 Å². The average molecular weight is 318 g/mol. The maximum Gasteiger partial charge on any atom is 0.260 e. The zero-order valence-corrected chi connectivity index (χ0v) is 12.9. The van der Waals surface area contributed by atoms with Gasteiger partial charge in [0.25, 0.3) is 5.56 Å². The van der Waals surface area contributed by atoms with E-state index >= 15 is 0 Å². The van der Waals surface area contributed by atoms with Crippen LogP contribution >= 0.6 is 0 Å². The van der Waals surface area contributed by atoms with E-state index in [1.54, 1.807) is 31.6 Å². The predicted molar refractivity (Wildman–Crippen MR) is 93.0 cm³/mol. The van der Waals surface area contributed by atoms with Crippen molar-refractivity contribution < 1.29 is 4.74 Å². The van der Waals surface area contributed by atoms with Crippen molar-refractivity contribution in [2.45, 2.75) is 0 Å². The highest BCUT2D eigenvalue weighted by Crippen LogP contribution is 2.21. The zero-order chi connectivity index (χ0) is 16.5. The second-order valence-corrected chi connectivity index (χ2v) is 5.29. The first-order valence-electron chi connectivity index (χ1n) is 7.43. The van der Waals surface area contributed by atoms with E-state index in [0.29, 0.717) is 17.2 Å². The number of nitrogens with one attached hydrogen (secondary N) is 1. The van der Waals surface area contributed by atoms with Gasteiger partial charge in [-0.15, -0.1) is 0 Å². The molecule has 118 valence electrons. The summed E-state index contributed by atoms with van der Waals surface area (Å²) in [5, 5.41) is 4.18. The Kier molecular flexibility index (Phi) is 3.35. The monoisotopic (exact) mass is 318 g/mol. The van der Waals surface area contributed by atoms with E-state index in [-0.39, 0.29) is 5.56 Å². The first-order valence-corrected chi connectivity index (χ1v) is 7.43. The van der Waals surface area contributed by atoms with Gasteiger partial charge in [0.15, 0.2) is 11.4 Å². The van der Waals surface area contributed by atoms with Crippen molar-refractivity contribution in [3.63, 3.8) is 0 Å². The average Bonchev–Trinajstić information content (AvgIpc) is 2.61. The zero-order valence-electron chi connectivity index (χ0n) is 12.9. The highest BCUT2D eigenvalue weighted by atomic mass is 16.5. The molecule has 4 aromatic rings. The largest absolute Gasteiger partial charge is 0.493 e. The van der Waals surface area contributed by atoms with Crippen LogP contribution in [0.5, 0.6) is 5.75 Å². The van der Waals surface area contributed by atoms with Gasteiger partial charge in [0.05, 0.1) is 12.6 Å². The van der Waals surface area contributed by atoms with Gasteiger partial charge in [-0.05, 0) is 36.4 Å². The summed E-state index contributed by atoms with van der Waals surface area (Å²) in [6, 6.07) is 14.6. The molecule has 1 N–H and O–H groups in total. The number of rotatable bonds is 3. The first kappa shape index (κ1) is 14.2. The topological polar surface area (TPSA) is 68.5 Å². The van der Waals surface area contributed by atoms with Gasteiger partial charge in [0.2, 0.25) is 0 Å². The standard InChI is InChI=1S/C18H14N4O2/c1-24-15-5-3-9-22-17(23)11-16(21-18(15)22)20-13-6-7-14-12(10-13)4-2-8-19-14/h2-11,20H,1H3. The SMILES string of the molecule is COc1cccn2c(=O)cc(Nc3ccc4ncccc4c3)nc12. The van der Waals surface area contributed by atoms with Gasteiger partial charge < -0.3 is 10.1 Å². The van der Waals surface area contributed by atoms with Crippen molar-refractivity contribution >= 4 is 28.1 Å². The molecule has 0 radical (unpaired) electrons. The van der Waals surface area contributed by atoms with Crippen molar-refractivity contribution in [1.29, 1.82) is 0 Å². The van der Waals surface area contributed by atoms with Crippen molar-refractivity contribution in [3.05, 3.63) is 71.3 Å². The van der Waals surface area contributed by atoms with Gasteiger partial charge in [0.1, 0.15) is 5.82 Å². The maximum atomic E-state index is 12.3. The summed E-state index contributed by atoms with van der Waals surface area (Å²) in [6.45, 7) is 0. The normalized spacial score (nSPS) is 10.9. The first-order chi connectivity index (χ1) is 11.7. The molecule has 0 spiro atoms. The number of aromatic nitrogens is 3. The van der Waals surface area contributed by atoms with Crippen LogP contribution in [0.2, 0.25) is 0 Å². The lowest BCUT2D eigenvalue weighted by atomic mass is 10.2. The number of hydrogen-bond donors (Lipinski definition) is 1. The Morgan fingerprint density at radius 3 is 2.92 bits per heavy atom. The van der Waals surface area contributed by atoms with Crippen LogP contribution < -0.4 is 15.6 Å². The molecule has 0 unspecified atom stereocenters. The van der Waals surface area contributed by atoms with E-state index < -0.39 is 0 Å². The van der Waals surface area contributed by atoms with Crippen LogP contribution in [0.25, 0.3) is 16.6 Å². The summed E-state index contributed by atoms with van der Waals surface area (Å²) in [5.41, 5.74) is 2.04. The molecule has 0 bridgehead atoms. The molecule has 3 aromatic heterocycles. The molecule has 0 aliphatic rings. The molecule has 0 aliphatic heterocycles. The number of nitrogens with zero attached hydrogens (tertiary/aromatic N) is 3. The third kappa shape index (κ3) is 2.44. The second-order valence-electron chi connectivity index (χ2n) is 5.29. The van der Waals surface area contributed by atoms with Gasteiger partial charge in [-0.2, -0.15) is 0 Å². The van der Waals surface area contributed by atoms with E-state index in [1.165, 1.54) is 10.5 Å². The Morgan fingerprint density at radius 2 is 2.04 bits per heavy atom. The molecule has 0 amide bonds. The molecule has 1 aromatic carbocycles. The van der Waals surface area contributed by atoms with Gasteiger partial charge in [0, 0.05) is 29.5 Å². The Balaban J connectivity index is 1.79. The van der Waals surface area contributed by atoms with E-state index in [0.717, 1.165) is 16.6 Å². The van der Waals surface area contributed by atoms with Crippen LogP contribution in [-0.4, -0.2) is 21.5 Å².